The maximum absolute atomic E-state index is 13.1. The van der Waals surface area contributed by atoms with E-state index in [9.17, 15) is 9.59 Å². The number of nitrogens with two attached hydrogens (primary N) is 1. The summed E-state index contributed by atoms with van der Waals surface area (Å²) in [5.74, 6) is 0.228. The Labute approximate surface area is 168 Å². The molecule has 0 spiro atoms. The summed E-state index contributed by atoms with van der Waals surface area (Å²) in [5, 5.41) is 7.35. The maximum Gasteiger partial charge on any atom is 0.220 e. The molecule has 7 nitrogen and oxygen atoms in total. The molecule has 7 heteroatoms. The van der Waals surface area contributed by atoms with Crippen LogP contribution in [0.25, 0.3) is 11.4 Å². The van der Waals surface area contributed by atoms with E-state index in [0.717, 1.165) is 16.7 Å². The van der Waals surface area contributed by atoms with Gasteiger partial charge >= 0.3 is 0 Å². The number of carbonyl (C=O) groups excluding carboxylic acids is 2. The topological polar surface area (TPSA) is 115 Å². The quantitative estimate of drug-likeness (QED) is 0.647. The molecule has 0 saturated carbocycles. The fourth-order valence-corrected chi connectivity index (χ4v) is 3.98. The lowest BCUT2D eigenvalue weighted by molar-refractivity contribution is 0.0980. The Bertz CT molecular complexity index is 1110. The van der Waals surface area contributed by atoms with E-state index in [2.05, 4.69) is 34.0 Å². The van der Waals surface area contributed by atoms with Gasteiger partial charge in [-0.15, -0.1) is 0 Å². The number of nitrogens with zero attached hydrogens (tertiary/aromatic N) is 3. The normalized spacial score (nSPS) is 14.2. The Balaban J connectivity index is 1.67. The molecule has 1 aliphatic carbocycles. The molecule has 0 saturated heterocycles. The molecular weight excluding hydrogens is 366 g/mol. The number of ketones is 2. The van der Waals surface area contributed by atoms with Gasteiger partial charge in [-0.1, -0.05) is 45.0 Å². The summed E-state index contributed by atoms with van der Waals surface area (Å²) in [6.07, 6.45) is 3.12. The third-order valence-corrected chi connectivity index (χ3v) is 5.42. The first kappa shape index (κ1) is 19.0. The van der Waals surface area contributed by atoms with Gasteiger partial charge in [0.1, 0.15) is 11.4 Å². The van der Waals surface area contributed by atoms with E-state index >= 15 is 0 Å². The highest BCUT2D eigenvalue weighted by Gasteiger charge is 2.38. The summed E-state index contributed by atoms with van der Waals surface area (Å²) >= 11 is 0. The van der Waals surface area contributed by atoms with Gasteiger partial charge in [0, 0.05) is 30.2 Å². The zero-order chi connectivity index (χ0) is 20.8. The van der Waals surface area contributed by atoms with Crippen molar-refractivity contribution in [2.75, 3.05) is 5.73 Å². The van der Waals surface area contributed by atoms with E-state index in [1.807, 2.05) is 19.1 Å². The Morgan fingerprint density at radius 2 is 1.86 bits per heavy atom. The molecule has 0 fully saturated rings. The van der Waals surface area contributed by atoms with Gasteiger partial charge in [-0.2, -0.15) is 5.10 Å². The third kappa shape index (κ3) is 3.33. The first-order valence-corrected chi connectivity index (χ1v) is 9.66. The van der Waals surface area contributed by atoms with Crippen LogP contribution in [-0.2, 0) is 18.3 Å². The van der Waals surface area contributed by atoms with Crippen molar-refractivity contribution in [2.45, 2.75) is 45.4 Å². The molecule has 0 amide bonds. The standard InChI is InChI=1S/C22H23N5O2/c1-4-15(28)13-7-5-12(6-8-13)9-16(29)19-17-20(27-26-19)18-14(10-22(17,2)3)11-24-21(23)25-18/h5-8,11H,4,9-10H2,1-3H3,(H,26,27)(H2,23,24,25). The number of benzene rings is 1. The lowest BCUT2D eigenvalue weighted by atomic mass is 9.72. The van der Waals surface area contributed by atoms with Crippen molar-refractivity contribution in [3.8, 4) is 11.4 Å². The van der Waals surface area contributed by atoms with Crippen molar-refractivity contribution >= 4 is 17.5 Å². The number of fused-ring (bicyclic) bond motifs is 3. The largest absolute Gasteiger partial charge is 0.368 e. The highest BCUT2D eigenvalue weighted by atomic mass is 16.1. The molecular formula is C22H23N5O2. The van der Waals surface area contributed by atoms with Crippen LogP contribution in [0.1, 0.15) is 64.7 Å². The number of nitrogens with one attached hydrogen (secondary N) is 1. The van der Waals surface area contributed by atoms with Crippen molar-refractivity contribution in [1.82, 2.24) is 20.2 Å². The summed E-state index contributed by atoms with van der Waals surface area (Å²) in [6, 6.07) is 7.21. The summed E-state index contributed by atoms with van der Waals surface area (Å²) in [5.41, 5.74) is 10.7. The maximum atomic E-state index is 13.1. The van der Waals surface area contributed by atoms with Crippen molar-refractivity contribution < 1.29 is 9.59 Å². The van der Waals surface area contributed by atoms with Gasteiger partial charge in [-0.25, -0.2) is 9.97 Å². The average Bonchev–Trinajstić information content (AvgIpc) is 3.15. The molecule has 1 aromatic carbocycles. The Kier molecular flexibility index (Phi) is 4.53. The van der Waals surface area contributed by atoms with Crippen molar-refractivity contribution in [3.63, 3.8) is 0 Å². The van der Waals surface area contributed by atoms with Crippen LogP contribution in [-0.4, -0.2) is 31.7 Å². The number of Topliss-reactive ketones (excluding diaryl/α,β-unsaturated/α-hetero) is 2. The number of carbonyl (C=O) groups is 2. The van der Waals surface area contributed by atoms with Crippen LogP contribution in [0.3, 0.4) is 0 Å². The number of hydrogen-bond acceptors (Lipinski definition) is 6. The molecule has 2 aromatic heterocycles. The number of rotatable bonds is 5. The second-order valence-corrected chi connectivity index (χ2v) is 8.06. The number of hydrogen-bond donors (Lipinski definition) is 2. The molecule has 29 heavy (non-hydrogen) atoms. The second kappa shape index (κ2) is 6.92. The minimum atomic E-state index is -0.294. The number of H-pyrrole nitrogens is 1. The van der Waals surface area contributed by atoms with Gasteiger partial charge in [-0.05, 0) is 23.0 Å². The van der Waals surface area contributed by atoms with Crippen molar-refractivity contribution in [2.24, 2.45) is 0 Å². The average molecular weight is 389 g/mol. The van der Waals surface area contributed by atoms with Crippen LogP contribution in [0.4, 0.5) is 5.95 Å². The highest BCUT2D eigenvalue weighted by Crippen LogP contribution is 2.42. The molecule has 0 radical (unpaired) electrons. The van der Waals surface area contributed by atoms with Crippen LogP contribution < -0.4 is 5.73 Å². The Morgan fingerprint density at radius 1 is 1.14 bits per heavy atom. The van der Waals surface area contributed by atoms with E-state index in [1.165, 1.54) is 0 Å². The summed E-state index contributed by atoms with van der Waals surface area (Å²) in [6.45, 7) is 6.00. The van der Waals surface area contributed by atoms with Crippen LogP contribution in [0, 0.1) is 0 Å². The van der Waals surface area contributed by atoms with Crippen LogP contribution in [0.5, 0.6) is 0 Å². The van der Waals surface area contributed by atoms with Crippen molar-refractivity contribution in [3.05, 3.63) is 58.4 Å². The number of nitrogen functional groups attached to an aromatic ring is 1. The van der Waals surface area contributed by atoms with Crippen LogP contribution in [0.2, 0.25) is 0 Å². The first-order valence-electron chi connectivity index (χ1n) is 9.66. The molecule has 0 unspecified atom stereocenters. The molecule has 3 aromatic rings. The molecule has 2 heterocycles. The van der Waals surface area contributed by atoms with Gasteiger partial charge in [0.05, 0.1) is 5.69 Å². The van der Waals surface area contributed by atoms with Crippen LogP contribution >= 0.6 is 0 Å². The molecule has 0 aliphatic heterocycles. The molecule has 4 rings (SSSR count). The molecule has 0 atom stereocenters. The molecule has 1 aliphatic rings. The fourth-order valence-electron chi connectivity index (χ4n) is 3.98. The molecule has 3 N–H and O–H groups in total. The van der Waals surface area contributed by atoms with E-state index < -0.39 is 0 Å². The Morgan fingerprint density at radius 3 is 2.55 bits per heavy atom. The van der Waals surface area contributed by atoms with E-state index in [1.54, 1.807) is 18.3 Å². The predicted molar refractivity (Wildman–Crippen MR) is 110 cm³/mol. The lowest BCUT2D eigenvalue weighted by Crippen LogP contribution is -2.28. The first-order chi connectivity index (χ1) is 13.8. The van der Waals surface area contributed by atoms with E-state index in [4.69, 9.17) is 5.73 Å². The second-order valence-electron chi connectivity index (χ2n) is 8.06. The Hall–Kier alpha value is -3.35. The predicted octanol–water partition coefficient (Wildman–Crippen LogP) is 3.30. The highest BCUT2D eigenvalue weighted by molar-refractivity contribution is 5.99. The fraction of sp³-hybridized carbons (Fsp3) is 0.318. The number of anilines is 1. The minimum absolute atomic E-state index is 0.0492. The SMILES string of the molecule is CCC(=O)c1ccc(CC(=O)c2[nH]nc3c2C(C)(C)Cc2cnc(N)nc2-3)cc1. The van der Waals surface area contributed by atoms with Crippen molar-refractivity contribution in [1.29, 1.82) is 0 Å². The van der Waals surface area contributed by atoms with Gasteiger partial charge in [0.2, 0.25) is 5.95 Å². The zero-order valence-electron chi connectivity index (χ0n) is 16.7. The van der Waals surface area contributed by atoms with E-state index in [0.29, 0.717) is 35.5 Å². The number of aromatic amines is 1. The third-order valence-electron chi connectivity index (χ3n) is 5.42. The number of aromatic nitrogens is 4. The summed E-state index contributed by atoms with van der Waals surface area (Å²) in [7, 11) is 0. The summed E-state index contributed by atoms with van der Waals surface area (Å²) in [4.78, 5) is 33.3. The van der Waals surface area contributed by atoms with Gasteiger partial charge in [0.25, 0.3) is 0 Å². The van der Waals surface area contributed by atoms with Crippen LogP contribution in [0.15, 0.2) is 30.5 Å². The van der Waals surface area contributed by atoms with Gasteiger partial charge in [0.15, 0.2) is 11.6 Å². The van der Waals surface area contributed by atoms with E-state index in [-0.39, 0.29) is 29.4 Å². The van der Waals surface area contributed by atoms with Gasteiger partial charge in [-0.3, -0.25) is 14.7 Å². The lowest BCUT2D eigenvalue weighted by Gasteiger charge is -2.30. The smallest absolute Gasteiger partial charge is 0.220 e. The molecule has 0 bridgehead atoms. The zero-order valence-corrected chi connectivity index (χ0v) is 16.7. The minimum Gasteiger partial charge on any atom is -0.368 e. The molecule has 148 valence electrons. The van der Waals surface area contributed by atoms with Gasteiger partial charge < -0.3 is 5.73 Å². The summed E-state index contributed by atoms with van der Waals surface area (Å²) < 4.78 is 0. The monoisotopic (exact) mass is 389 g/mol.